The molecule has 6 heteroatoms. The zero-order valence-electron chi connectivity index (χ0n) is 18.0. The molecule has 0 aliphatic rings. The van der Waals surface area contributed by atoms with Crippen molar-refractivity contribution in [1.82, 2.24) is 19.4 Å². The molecule has 1 aromatic carbocycles. The fraction of sp³-hybridized carbons (Fsp3) is 0.391. The van der Waals surface area contributed by atoms with E-state index in [1.807, 2.05) is 48.9 Å². The summed E-state index contributed by atoms with van der Waals surface area (Å²) < 4.78 is 2.16. The number of thiophene rings is 1. The minimum Gasteiger partial charge on any atom is -0.329 e. The summed E-state index contributed by atoms with van der Waals surface area (Å²) >= 11 is 1.49. The lowest BCUT2D eigenvalue weighted by Crippen LogP contribution is -2.36. The van der Waals surface area contributed by atoms with Crippen LogP contribution in [0.2, 0.25) is 0 Å². The largest absolute Gasteiger partial charge is 0.329 e. The fourth-order valence-electron chi connectivity index (χ4n) is 3.57. The molecular weight excluding hydrogens is 380 g/mol. The quantitative estimate of drug-likeness (QED) is 0.561. The van der Waals surface area contributed by atoms with Crippen LogP contribution in [0.25, 0.3) is 0 Å². The van der Waals surface area contributed by atoms with Crippen LogP contribution in [0.4, 0.5) is 0 Å². The summed E-state index contributed by atoms with van der Waals surface area (Å²) in [4.78, 5) is 22.4. The lowest BCUT2D eigenvalue weighted by atomic mass is 10.00. The van der Waals surface area contributed by atoms with Gasteiger partial charge in [-0.3, -0.25) is 4.79 Å². The van der Waals surface area contributed by atoms with Crippen LogP contribution in [0.3, 0.4) is 0 Å². The number of aromatic nitrogens is 2. The van der Waals surface area contributed by atoms with Crippen molar-refractivity contribution in [2.75, 3.05) is 27.2 Å². The molecule has 0 radical (unpaired) electrons. The van der Waals surface area contributed by atoms with E-state index >= 15 is 0 Å². The van der Waals surface area contributed by atoms with Gasteiger partial charge >= 0.3 is 0 Å². The highest BCUT2D eigenvalue weighted by atomic mass is 32.1. The average molecular weight is 411 g/mol. The average Bonchev–Trinajstić information content (AvgIpc) is 3.33. The minimum atomic E-state index is 0.0686. The number of imidazole rings is 1. The molecule has 0 N–H and O–H groups in total. The van der Waals surface area contributed by atoms with E-state index in [1.165, 1.54) is 33.6 Å². The van der Waals surface area contributed by atoms with Crippen molar-refractivity contribution in [3.63, 3.8) is 0 Å². The van der Waals surface area contributed by atoms with Gasteiger partial charge in [0.25, 0.3) is 5.91 Å². The molecule has 0 saturated heterocycles. The molecule has 0 bridgehead atoms. The summed E-state index contributed by atoms with van der Waals surface area (Å²) in [7, 11) is 4.05. The molecule has 0 aliphatic carbocycles. The van der Waals surface area contributed by atoms with Crippen LogP contribution in [-0.4, -0.2) is 52.4 Å². The number of benzene rings is 1. The number of likely N-dealkylation sites (N-methyl/N-ethyl adjacent to an activating group) is 1. The Balaban J connectivity index is 1.83. The maximum absolute atomic E-state index is 13.0. The predicted octanol–water partition coefficient (Wildman–Crippen LogP) is 4.12. The number of hydrogen-bond donors (Lipinski definition) is 0. The standard InChI is InChI=1S/C23H30N4OS/c1-17-13-18(2)20(19(3)14-17)15-26-9-8-24-22(26)16-27(11-10-25(4)5)23(28)21-7-6-12-29-21/h6-9,12-14H,10-11,15-16H2,1-5H3. The molecule has 1 amide bonds. The maximum Gasteiger partial charge on any atom is 0.264 e. The van der Waals surface area contributed by atoms with Crippen LogP contribution in [0.5, 0.6) is 0 Å². The number of carbonyl (C=O) groups excluding carboxylic acids is 1. The third kappa shape index (κ3) is 5.34. The van der Waals surface area contributed by atoms with Crippen LogP contribution in [0.15, 0.2) is 42.0 Å². The first-order valence-electron chi connectivity index (χ1n) is 9.89. The molecule has 0 atom stereocenters. The number of aryl methyl sites for hydroxylation is 3. The monoisotopic (exact) mass is 410 g/mol. The van der Waals surface area contributed by atoms with Crippen molar-refractivity contribution in [1.29, 1.82) is 0 Å². The van der Waals surface area contributed by atoms with Crippen molar-refractivity contribution in [2.24, 2.45) is 0 Å². The Bertz CT molecular complexity index is 936. The summed E-state index contributed by atoms with van der Waals surface area (Å²) in [6.07, 6.45) is 3.84. The van der Waals surface area contributed by atoms with E-state index < -0.39 is 0 Å². The van der Waals surface area contributed by atoms with Crippen LogP contribution in [-0.2, 0) is 13.1 Å². The summed E-state index contributed by atoms with van der Waals surface area (Å²) in [5, 5.41) is 1.95. The second-order valence-corrected chi connectivity index (χ2v) is 8.80. The van der Waals surface area contributed by atoms with Gasteiger partial charge in [-0.05, 0) is 63.0 Å². The van der Waals surface area contributed by atoms with E-state index in [1.54, 1.807) is 0 Å². The normalized spacial score (nSPS) is 11.2. The van der Waals surface area contributed by atoms with Gasteiger partial charge in [0.05, 0.1) is 11.4 Å². The first kappa shape index (κ1) is 21.3. The fourth-order valence-corrected chi connectivity index (χ4v) is 4.26. The van der Waals surface area contributed by atoms with Gasteiger partial charge in [0, 0.05) is 32.0 Å². The maximum atomic E-state index is 13.0. The molecule has 154 valence electrons. The molecule has 3 aromatic rings. The molecule has 2 heterocycles. The SMILES string of the molecule is Cc1cc(C)c(Cn2ccnc2CN(CCN(C)C)C(=O)c2cccs2)c(C)c1. The first-order chi connectivity index (χ1) is 13.8. The van der Waals surface area contributed by atoms with Gasteiger partial charge in [-0.15, -0.1) is 11.3 Å². The van der Waals surface area contributed by atoms with Crippen molar-refractivity contribution in [3.05, 3.63) is 75.0 Å². The van der Waals surface area contributed by atoms with Gasteiger partial charge in [-0.25, -0.2) is 4.98 Å². The van der Waals surface area contributed by atoms with Gasteiger partial charge in [0.2, 0.25) is 0 Å². The second-order valence-electron chi connectivity index (χ2n) is 7.86. The molecule has 2 aromatic heterocycles. The van der Waals surface area contributed by atoms with E-state index in [4.69, 9.17) is 0 Å². The van der Waals surface area contributed by atoms with Crippen LogP contribution in [0, 0.1) is 20.8 Å². The molecule has 0 saturated carbocycles. The lowest BCUT2D eigenvalue weighted by molar-refractivity contribution is 0.0730. The summed E-state index contributed by atoms with van der Waals surface area (Å²) in [5.41, 5.74) is 5.19. The minimum absolute atomic E-state index is 0.0686. The Morgan fingerprint density at radius 2 is 1.86 bits per heavy atom. The predicted molar refractivity (Wildman–Crippen MR) is 120 cm³/mol. The number of rotatable bonds is 8. The van der Waals surface area contributed by atoms with Gasteiger partial charge in [-0.1, -0.05) is 23.8 Å². The third-order valence-electron chi connectivity index (χ3n) is 5.14. The summed E-state index contributed by atoms with van der Waals surface area (Å²) in [6.45, 7) is 9.20. The first-order valence-corrected chi connectivity index (χ1v) is 10.8. The Morgan fingerprint density at radius 3 is 2.48 bits per heavy atom. The van der Waals surface area contributed by atoms with Crippen molar-refractivity contribution >= 4 is 17.2 Å². The zero-order valence-corrected chi connectivity index (χ0v) is 18.8. The smallest absolute Gasteiger partial charge is 0.264 e. The number of hydrogen-bond acceptors (Lipinski definition) is 4. The zero-order chi connectivity index (χ0) is 21.0. The van der Waals surface area contributed by atoms with Crippen LogP contribution >= 0.6 is 11.3 Å². The Hall–Kier alpha value is -2.44. The highest BCUT2D eigenvalue weighted by Crippen LogP contribution is 2.19. The Morgan fingerprint density at radius 1 is 1.14 bits per heavy atom. The highest BCUT2D eigenvalue weighted by molar-refractivity contribution is 7.12. The van der Waals surface area contributed by atoms with E-state index in [0.29, 0.717) is 13.1 Å². The van der Waals surface area contributed by atoms with Gasteiger partial charge in [0.1, 0.15) is 5.82 Å². The molecule has 0 spiro atoms. The molecule has 5 nitrogen and oxygen atoms in total. The second kappa shape index (κ2) is 9.37. The Kier molecular flexibility index (Phi) is 6.87. The van der Waals surface area contributed by atoms with Crippen molar-refractivity contribution < 1.29 is 4.79 Å². The molecule has 0 aliphatic heterocycles. The van der Waals surface area contributed by atoms with E-state index in [2.05, 4.69) is 47.4 Å². The van der Waals surface area contributed by atoms with Crippen molar-refractivity contribution in [2.45, 2.75) is 33.9 Å². The molecule has 29 heavy (non-hydrogen) atoms. The molecular formula is C23H30N4OS. The van der Waals surface area contributed by atoms with Gasteiger partial charge in [0.15, 0.2) is 0 Å². The van der Waals surface area contributed by atoms with Crippen LogP contribution < -0.4 is 0 Å². The Labute approximate surface area is 177 Å². The van der Waals surface area contributed by atoms with E-state index in [0.717, 1.165) is 23.8 Å². The van der Waals surface area contributed by atoms with Gasteiger partial charge < -0.3 is 14.4 Å². The van der Waals surface area contributed by atoms with E-state index in [9.17, 15) is 4.79 Å². The number of carbonyl (C=O) groups is 1. The van der Waals surface area contributed by atoms with Crippen molar-refractivity contribution in [3.8, 4) is 0 Å². The molecule has 0 unspecified atom stereocenters. The number of nitrogens with zero attached hydrogens (tertiary/aromatic N) is 4. The summed E-state index contributed by atoms with van der Waals surface area (Å²) in [5.74, 6) is 0.979. The van der Waals surface area contributed by atoms with E-state index in [-0.39, 0.29) is 5.91 Å². The van der Waals surface area contributed by atoms with Gasteiger partial charge in [-0.2, -0.15) is 0 Å². The highest BCUT2D eigenvalue weighted by Gasteiger charge is 2.19. The topological polar surface area (TPSA) is 41.4 Å². The molecule has 3 rings (SSSR count). The summed E-state index contributed by atoms with van der Waals surface area (Å²) in [6, 6.07) is 8.26. The van der Waals surface area contributed by atoms with Crippen LogP contribution in [0.1, 0.15) is 37.7 Å². The third-order valence-corrected chi connectivity index (χ3v) is 6.00. The lowest BCUT2D eigenvalue weighted by Gasteiger charge is -2.24. The molecule has 0 fully saturated rings. The number of amides is 1.